The van der Waals surface area contributed by atoms with Crippen LogP contribution in [-0.2, 0) is 4.79 Å². The molecule has 0 aromatic heterocycles. The summed E-state index contributed by atoms with van der Waals surface area (Å²) in [6.07, 6.45) is 2.06. The second-order valence-electron chi connectivity index (χ2n) is 1.94. The minimum atomic E-state index is -0.927. The van der Waals surface area contributed by atoms with Gasteiger partial charge in [-0.1, -0.05) is 19.8 Å². The quantitative estimate of drug-likeness (QED) is 0.579. The number of aliphatic carboxylic acids is 1. The zero-order chi connectivity index (χ0) is 7.28. The molecule has 3 nitrogen and oxygen atoms in total. The minimum absolute atomic E-state index is 0.527. The Labute approximate surface area is 54.9 Å². The maximum Gasteiger partial charge on any atom is 0.320 e. The zero-order valence-electron chi connectivity index (χ0n) is 5.34. The third-order valence-electron chi connectivity index (χ3n) is 1.08. The Morgan fingerprint density at radius 1 is 1.78 bits per heavy atom. The van der Waals surface area contributed by atoms with Crippen LogP contribution in [-0.4, -0.2) is 17.1 Å². The SMILES string of the molecule is [CH2]CCCC(N)C(=O)O. The van der Waals surface area contributed by atoms with Crippen molar-refractivity contribution in [1.82, 2.24) is 0 Å². The summed E-state index contributed by atoms with van der Waals surface area (Å²) in [5, 5.41) is 8.26. The predicted molar refractivity (Wildman–Crippen MR) is 34.8 cm³/mol. The van der Waals surface area contributed by atoms with E-state index >= 15 is 0 Å². The van der Waals surface area contributed by atoms with Gasteiger partial charge in [0, 0.05) is 0 Å². The monoisotopic (exact) mass is 130 g/mol. The van der Waals surface area contributed by atoms with Crippen LogP contribution < -0.4 is 5.73 Å². The van der Waals surface area contributed by atoms with Crippen molar-refractivity contribution < 1.29 is 9.90 Å². The molecule has 0 saturated heterocycles. The summed E-state index contributed by atoms with van der Waals surface area (Å²) < 4.78 is 0. The van der Waals surface area contributed by atoms with Crippen molar-refractivity contribution in [2.24, 2.45) is 5.73 Å². The van der Waals surface area contributed by atoms with Gasteiger partial charge in [0.2, 0.25) is 0 Å². The van der Waals surface area contributed by atoms with Crippen molar-refractivity contribution in [2.75, 3.05) is 0 Å². The van der Waals surface area contributed by atoms with Crippen LogP contribution in [0.25, 0.3) is 0 Å². The lowest BCUT2D eigenvalue weighted by Crippen LogP contribution is -2.29. The smallest absolute Gasteiger partial charge is 0.320 e. The molecule has 0 bridgehead atoms. The number of hydrogen-bond acceptors (Lipinski definition) is 2. The number of unbranched alkanes of at least 4 members (excludes halogenated alkanes) is 1. The molecular weight excluding hydrogens is 118 g/mol. The van der Waals surface area contributed by atoms with Gasteiger partial charge in [0.1, 0.15) is 6.04 Å². The number of nitrogens with two attached hydrogens (primary N) is 1. The van der Waals surface area contributed by atoms with Crippen molar-refractivity contribution >= 4 is 5.97 Å². The summed E-state index contributed by atoms with van der Waals surface area (Å²) in [7, 11) is 0. The molecule has 3 N–H and O–H groups in total. The molecule has 0 heterocycles. The molecule has 3 heteroatoms. The zero-order valence-corrected chi connectivity index (χ0v) is 5.34. The van der Waals surface area contributed by atoms with Gasteiger partial charge in [-0.2, -0.15) is 0 Å². The Kier molecular flexibility index (Phi) is 4.05. The first-order chi connectivity index (χ1) is 4.18. The van der Waals surface area contributed by atoms with E-state index in [2.05, 4.69) is 6.92 Å². The molecule has 0 aliphatic heterocycles. The molecule has 0 aromatic rings. The standard InChI is InChI=1S/C6H12NO2/c1-2-3-4-5(7)6(8)9/h5H,1-4,7H2,(H,8,9). The summed E-state index contributed by atoms with van der Waals surface area (Å²) >= 11 is 0. The highest BCUT2D eigenvalue weighted by Gasteiger charge is 2.08. The Hall–Kier alpha value is -0.570. The fraction of sp³-hybridized carbons (Fsp3) is 0.667. The maximum absolute atomic E-state index is 10.1. The molecule has 0 aliphatic rings. The van der Waals surface area contributed by atoms with Crippen LogP contribution in [0.15, 0.2) is 0 Å². The summed E-state index contributed by atoms with van der Waals surface area (Å²) in [5.41, 5.74) is 5.18. The average Bonchev–Trinajstić information content (AvgIpc) is 1.82. The van der Waals surface area contributed by atoms with E-state index in [9.17, 15) is 4.79 Å². The molecule has 0 aromatic carbocycles. The summed E-state index contributed by atoms with van der Waals surface area (Å²) in [4.78, 5) is 10.1. The molecule has 0 saturated carbocycles. The van der Waals surface area contributed by atoms with Crippen LogP contribution in [0.5, 0.6) is 0 Å². The van der Waals surface area contributed by atoms with E-state index < -0.39 is 12.0 Å². The number of carboxylic acids is 1. The molecule has 1 unspecified atom stereocenters. The van der Waals surface area contributed by atoms with E-state index in [0.29, 0.717) is 6.42 Å². The molecule has 0 amide bonds. The Bertz CT molecular complexity index is 93.1. The molecule has 1 atom stereocenters. The number of rotatable bonds is 4. The fourth-order valence-electron chi connectivity index (χ4n) is 0.488. The molecule has 9 heavy (non-hydrogen) atoms. The van der Waals surface area contributed by atoms with Gasteiger partial charge in [-0.3, -0.25) is 4.79 Å². The third kappa shape index (κ3) is 3.97. The number of hydrogen-bond donors (Lipinski definition) is 2. The van der Waals surface area contributed by atoms with Crippen LogP contribution >= 0.6 is 0 Å². The topological polar surface area (TPSA) is 63.3 Å². The highest BCUT2D eigenvalue weighted by Crippen LogP contribution is 1.96. The van der Waals surface area contributed by atoms with Crippen LogP contribution in [0.2, 0.25) is 0 Å². The molecule has 0 fully saturated rings. The van der Waals surface area contributed by atoms with E-state index in [-0.39, 0.29) is 0 Å². The van der Waals surface area contributed by atoms with Gasteiger partial charge in [-0.25, -0.2) is 0 Å². The maximum atomic E-state index is 10.1. The summed E-state index contributed by atoms with van der Waals surface area (Å²) in [6, 6.07) is -0.702. The first-order valence-corrected chi connectivity index (χ1v) is 2.96. The van der Waals surface area contributed by atoms with Crippen molar-refractivity contribution in [1.29, 1.82) is 0 Å². The van der Waals surface area contributed by atoms with Gasteiger partial charge in [0.05, 0.1) is 0 Å². The fourth-order valence-corrected chi connectivity index (χ4v) is 0.488. The van der Waals surface area contributed by atoms with Crippen molar-refractivity contribution in [3.05, 3.63) is 6.92 Å². The largest absolute Gasteiger partial charge is 0.480 e. The first-order valence-electron chi connectivity index (χ1n) is 2.96. The van der Waals surface area contributed by atoms with Gasteiger partial charge < -0.3 is 10.8 Å². The molecule has 53 valence electrons. The third-order valence-corrected chi connectivity index (χ3v) is 1.08. The molecule has 0 rings (SSSR count). The number of carboxylic acid groups (broad SMARTS) is 1. The summed E-state index contributed by atoms with van der Waals surface area (Å²) in [6.45, 7) is 3.57. The molecule has 0 aliphatic carbocycles. The van der Waals surface area contributed by atoms with E-state index in [4.69, 9.17) is 10.8 Å². The van der Waals surface area contributed by atoms with E-state index in [1.54, 1.807) is 0 Å². The van der Waals surface area contributed by atoms with Crippen LogP contribution in [0.4, 0.5) is 0 Å². The van der Waals surface area contributed by atoms with Gasteiger partial charge in [0.25, 0.3) is 0 Å². The lowest BCUT2D eigenvalue weighted by atomic mass is 10.1. The lowest BCUT2D eigenvalue weighted by molar-refractivity contribution is -0.138. The van der Waals surface area contributed by atoms with Crippen LogP contribution in [0, 0.1) is 6.92 Å². The number of carbonyl (C=O) groups is 1. The molecular formula is C6H12NO2. The Morgan fingerprint density at radius 3 is 2.67 bits per heavy atom. The second kappa shape index (κ2) is 4.32. The van der Waals surface area contributed by atoms with E-state index in [0.717, 1.165) is 12.8 Å². The van der Waals surface area contributed by atoms with Crippen molar-refractivity contribution in [3.8, 4) is 0 Å². The highest BCUT2D eigenvalue weighted by atomic mass is 16.4. The lowest BCUT2D eigenvalue weighted by Gasteiger charge is -2.02. The van der Waals surface area contributed by atoms with Crippen molar-refractivity contribution in [3.63, 3.8) is 0 Å². The van der Waals surface area contributed by atoms with Gasteiger partial charge in [0.15, 0.2) is 0 Å². The van der Waals surface area contributed by atoms with E-state index in [1.807, 2.05) is 0 Å². The Morgan fingerprint density at radius 2 is 2.33 bits per heavy atom. The molecule has 1 radical (unpaired) electrons. The predicted octanol–water partition coefficient (Wildman–Crippen LogP) is 0.403. The normalized spacial score (nSPS) is 13.1. The van der Waals surface area contributed by atoms with Gasteiger partial charge in [-0.05, 0) is 6.42 Å². The van der Waals surface area contributed by atoms with Crippen molar-refractivity contribution in [2.45, 2.75) is 25.3 Å². The summed E-state index contributed by atoms with van der Waals surface area (Å²) in [5.74, 6) is -0.927. The molecule has 0 spiro atoms. The van der Waals surface area contributed by atoms with Crippen LogP contribution in [0.3, 0.4) is 0 Å². The highest BCUT2D eigenvalue weighted by molar-refractivity contribution is 5.72. The average molecular weight is 130 g/mol. The van der Waals surface area contributed by atoms with Gasteiger partial charge in [-0.15, -0.1) is 0 Å². The van der Waals surface area contributed by atoms with E-state index in [1.165, 1.54) is 0 Å². The minimum Gasteiger partial charge on any atom is -0.480 e. The first kappa shape index (κ1) is 8.43. The second-order valence-corrected chi connectivity index (χ2v) is 1.94. The Balaban J connectivity index is 3.27. The van der Waals surface area contributed by atoms with Crippen LogP contribution in [0.1, 0.15) is 19.3 Å². The van der Waals surface area contributed by atoms with Gasteiger partial charge >= 0.3 is 5.97 Å².